The first-order valence-corrected chi connectivity index (χ1v) is 7.48. The summed E-state index contributed by atoms with van der Waals surface area (Å²) in [5.74, 6) is 0.543. The molecule has 0 amide bonds. The van der Waals surface area contributed by atoms with Crippen LogP contribution in [-0.4, -0.2) is 33.0 Å². The maximum atomic E-state index is 11.3. The molecule has 0 spiro atoms. The molecule has 3 rings (SSSR count). The van der Waals surface area contributed by atoms with Crippen molar-refractivity contribution in [2.24, 2.45) is 5.92 Å². The van der Waals surface area contributed by atoms with Crippen LogP contribution in [0.2, 0.25) is 0 Å². The number of nitrogens with zero attached hydrogens (tertiary/aromatic N) is 5. The number of nitro groups is 1. The summed E-state index contributed by atoms with van der Waals surface area (Å²) in [6, 6.07) is 5.27. The van der Waals surface area contributed by atoms with Gasteiger partial charge < -0.3 is 4.90 Å². The number of benzene rings is 1. The Balaban J connectivity index is 1.70. The van der Waals surface area contributed by atoms with Crippen molar-refractivity contribution in [1.82, 2.24) is 15.0 Å². The minimum atomic E-state index is -0.288. The first kappa shape index (κ1) is 14.5. The van der Waals surface area contributed by atoms with Crippen LogP contribution in [0.15, 0.2) is 30.6 Å². The highest BCUT2D eigenvalue weighted by molar-refractivity contribution is 5.67. The van der Waals surface area contributed by atoms with Gasteiger partial charge in [-0.25, -0.2) is 0 Å². The molecule has 116 valence electrons. The smallest absolute Gasteiger partial charge is 0.292 e. The summed E-state index contributed by atoms with van der Waals surface area (Å²) in [7, 11) is 0. The van der Waals surface area contributed by atoms with Gasteiger partial charge in [-0.2, -0.15) is 0 Å². The average Bonchev–Trinajstić information content (AvgIpc) is 3.01. The van der Waals surface area contributed by atoms with Gasteiger partial charge in [-0.05, 0) is 31.2 Å². The van der Waals surface area contributed by atoms with E-state index in [4.69, 9.17) is 0 Å². The van der Waals surface area contributed by atoms with Crippen molar-refractivity contribution in [2.75, 3.05) is 18.0 Å². The van der Waals surface area contributed by atoms with Crippen LogP contribution < -0.4 is 4.90 Å². The van der Waals surface area contributed by atoms with E-state index in [1.807, 2.05) is 23.9 Å². The number of hydrogen-bond donors (Lipinski definition) is 0. The van der Waals surface area contributed by atoms with Gasteiger partial charge in [0.05, 0.1) is 11.1 Å². The van der Waals surface area contributed by atoms with E-state index >= 15 is 0 Å². The maximum Gasteiger partial charge on any atom is 0.292 e. The third-order valence-electron chi connectivity index (χ3n) is 4.26. The SMILES string of the molecule is Cc1cccc([N+](=O)[O-])c1N1CCC(Cn2ccnn2)CC1. The fourth-order valence-corrected chi connectivity index (χ4v) is 3.14. The Hall–Kier alpha value is -2.44. The fourth-order valence-electron chi connectivity index (χ4n) is 3.14. The van der Waals surface area contributed by atoms with E-state index in [-0.39, 0.29) is 10.6 Å². The fraction of sp³-hybridized carbons (Fsp3) is 0.467. The Kier molecular flexibility index (Phi) is 4.04. The number of piperidine rings is 1. The summed E-state index contributed by atoms with van der Waals surface area (Å²) in [4.78, 5) is 13.1. The highest BCUT2D eigenvalue weighted by atomic mass is 16.6. The minimum Gasteiger partial charge on any atom is -0.366 e. The van der Waals surface area contributed by atoms with Crippen molar-refractivity contribution >= 4 is 11.4 Å². The number of anilines is 1. The van der Waals surface area contributed by atoms with Crippen LogP contribution in [0.4, 0.5) is 11.4 Å². The molecule has 1 aromatic heterocycles. The molecule has 1 saturated heterocycles. The largest absolute Gasteiger partial charge is 0.366 e. The second-order valence-corrected chi connectivity index (χ2v) is 5.76. The summed E-state index contributed by atoms with van der Waals surface area (Å²) in [6.45, 7) is 4.48. The van der Waals surface area contributed by atoms with Gasteiger partial charge in [-0.1, -0.05) is 17.3 Å². The third-order valence-corrected chi connectivity index (χ3v) is 4.26. The standard InChI is InChI=1S/C15H19N5O2/c1-12-3-2-4-14(20(21)22)15(12)18-8-5-13(6-9-18)11-19-10-7-16-17-19/h2-4,7,10,13H,5-6,8-9,11H2,1H3. The first-order valence-electron chi connectivity index (χ1n) is 7.48. The van der Waals surface area contributed by atoms with Crippen LogP contribution >= 0.6 is 0 Å². The Bertz CT molecular complexity index is 648. The van der Waals surface area contributed by atoms with Crippen LogP contribution in [0.25, 0.3) is 0 Å². The van der Waals surface area contributed by atoms with E-state index in [1.165, 1.54) is 0 Å². The second kappa shape index (κ2) is 6.13. The molecule has 7 nitrogen and oxygen atoms in total. The van der Waals surface area contributed by atoms with E-state index in [0.717, 1.165) is 43.7 Å². The van der Waals surface area contributed by atoms with E-state index in [2.05, 4.69) is 15.2 Å². The molecule has 1 aromatic carbocycles. The molecule has 22 heavy (non-hydrogen) atoms. The van der Waals surface area contributed by atoms with Gasteiger partial charge in [0.15, 0.2) is 0 Å². The number of nitro benzene ring substituents is 1. The van der Waals surface area contributed by atoms with E-state index in [9.17, 15) is 10.1 Å². The highest BCUT2D eigenvalue weighted by Gasteiger charge is 2.26. The zero-order chi connectivity index (χ0) is 15.5. The van der Waals surface area contributed by atoms with Crippen molar-refractivity contribution in [3.8, 4) is 0 Å². The van der Waals surface area contributed by atoms with E-state index in [1.54, 1.807) is 18.3 Å². The van der Waals surface area contributed by atoms with Crippen LogP contribution in [-0.2, 0) is 6.54 Å². The molecule has 0 N–H and O–H groups in total. The van der Waals surface area contributed by atoms with Crippen LogP contribution in [0.3, 0.4) is 0 Å². The number of para-hydroxylation sites is 1. The van der Waals surface area contributed by atoms with E-state index in [0.29, 0.717) is 5.92 Å². The normalized spacial score (nSPS) is 16.0. The lowest BCUT2D eigenvalue weighted by Gasteiger charge is -2.34. The first-order chi connectivity index (χ1) is 10.6. The summed E-state index contributed by atoms with van der Waals surface area (Å²) in [6.07, 6.45) is 5.57. The zero-order valence-electron chi connectivity index (χ0n) is 12.6. The van der Waals surface area contributed by atoms with E-state index < -0.39 is 0 Å². The molecule has 1 fully saturated rings. The average molecular weight is 301 g/mol. The maximum absolute atomic E-state index is 11.3. The molecule has 0 saturated carbocycles. The number of rotatable bonds is 4. The van der Waals surface area contributed by atoms with Crippen molar-refractivity contribution in [2.45, 2.75) is 26.3 Å². The Morgan fingerprint density at radius 1 is 1.36 bits per heavy atom. The number of aryl methyl sites for hydroxylation is 1. The summed E-state index contributed by atoms with van der Waals surface area (Å²) < 4.78 is 1.86. The molecule has 0 radical (unpaired) electrons. The predicted octanol–water partition coefficient (Wildman–Crippen LogP) is 2.41. The number of hydrogen-bond acceptors (Lipinski definition) is 5. The van der Waals surface area contributed by atoms with Gasteiger partial charge in [-0.15, -0.1) is 5.10 Å². The molecule has 2 heterocycles. The third kappa shape index (κ3) is 2.93. The van der Waals surface area contributed by atoms with Crippen molar-refractivity contribution in [3.63, 3.8) is 0 Å². The van der Waals surface area contributed by atoms with Gasteiger partial charge in [0, 0.05) is 31.9 Å². The van der Waals surface area contributed by atoms with Gasteiger partial charge in [0.1, 0.15) is 5.69 Å². The Morgan fingerprint density at radius 3 is 2.77 bits per heavy atom. The lowest BCUT2D eigenvalue weighted by molar-refractivity contribution is -0.384. The molecule has 2 aromatic rings. The molecule has 0 unspecified atom stereocenters. The highest BCUT2D eigenvalue weighted by Crippen LogP contribution is 2.34. The van der Waals surface area contributed by atoms with Crippen LogP contribution in [0.1, 0.15) is 18.4 Å². The topological polar surface area (TPSA) is 77.1 Å². The molecule has 1 aliphatic rings. The zero-order valence-corrected chi connectivity index (χ0v) is 12.6. The molecule has 0 bridgehead atoms. The second-order valence-electron chi connectivity index (χ2n) is 5.76. The molecular weight excluding hydrogens is 282 g/mol. The summed E-state index contributed by atoms with van der Waals surface area (Å²) >= 11 is 0. The lowest BCUT2D eigenvalue weighted by Crippen LogP contribution is -2.35. The van der Waals surface area contributed by atoms with Crippen molar-refractivity contribution in [1.29, 1.82) is 0 Å². The monoisotopic (exact) mass is 301 g/mol. The van der Waals surface area contributed by atoms with Crippen molar-refractivity contribution in [3.05, 3.63) is 46.3 Å². The van der Waals surface area contributed by atoms with Crippen LogP contribution in [0, 0.1) is 23.0 Å². The van der Waals surface area contributed by atoms with Gasteiger partial charge in [-0.3, -0.25) is 14.8 Å². The quantitative estimate of drug-likeness (QED) is 0.640. The molecular formula is C15H19N5O2. The molecule has 0 atom stereocenters. The lowest BCUT2D eigenvalue weighted by atomic mass is 9.95. The summed E-state index contributed by atoms with van der Waals surface area (Å²) in [5, 5.41) is 19.1. The van der Waals surface area contributed by atoms with Gasteiger partial charge >= 0.3 is 0 Å². The van der Waals surface area contributed by atoms with Crippen LogP contribution in [0.5, 0.6) is 0 Å². The Labute approximate surface area is 128 Å². The Morgan fingerprint density at radius 2 is 2.14 bits per heavy atom. The summed E-state index contributed by atoms with van der Waals surface area (Å²) in [5.41, 5.74) is 1.94. The van der Waals surface area contributed by atoms with Gasteiger partial charge in [0.2, 0.25) is 0 Å². The molecule has 7 heteroatoms. The van der Waals surface area contributed by atoms with Crippen molar-refractivity contribution < 1.29 is 4.92 Å². The van der Waals surface area contributed by atoms with Gasteiger partial charge in [0.25, 0.3) is 5.69 Å². The molecule has 0 aliphatic carbocycles. The number of aromatic nitrogens is 3. The predicted molar refractivity (Wildman–Crippen MR) is 82.8 cm³/mol. The molecule has 1 aliphatic heterocycles. The minimum absolute atomic E-state index is 0.203.